The molecule has 0 amide bonds. The van der Waals surface area contributed by atoms with Gasteiger partial charge in [-0.1, -0.05) is 11.8 Å². The van der Waals surface area contributed by atoms with Crippen molar-refractivity contribution in [2.24, 2.45) is 0 Å². The quantitative estimate of drug-likeness (QED) is 0.347. The molecule has 0 spiro atoms. The van der Waals surface area contributed by atoms with Crippen LogP contribution in [-0.4, -0.2) is 53.2 Å². The highest BCUT2D eigenvalue weighted by Crippen LogP contribution is 2.31. The summed E-state index contributed by atoms with van der Waals surface area (Å²) in [6, 6.07) is 7.30. The van der Waals surface area contributed by atoms with Crippen molar-refractivity contribution in [3.8, 4) is 23.0 Å². The number of methoxy groups -OCH3 is 2. The third-order valence-corrected chi connectivity index (χ3v) is 6.43. The van der Waals surface area contributed by atoms with Crippen LogP contribution in [0.15, 0.2) is 33.9 Å². The van der Waals surface area contributed by atoms with Crippen LogP contribution in [0.1, 0.15) is 34.6 Å². The number of ketones is 1. The Labute approximate surface area is 191 Å². The molecule has 1 unspecified atom stereocenters. The summed E-state index contributed by atoms with van der Waals surface area (Å²) in [6.07, 6.45) is 2.39. The molecule has 32 heavy (non-hydrogen) atoms. The van der Waals surface area contributed by atoms with Crippen molar-refractivity contribution in [3.63, 3.8) is 0 Å². The van der Waals surface area contributed by atoms with Gasteiger partial charge in [0.25, 0.3) is 5.22 Å². The van der Waals surface area contributed by atoms with E-state index in [2.05, 4.69) is 14.8 Å². The van der Waals surface area contributed by atoms with E-state index in [4.69, 9.17) is 18.6 Å². The molecule has 3 heterocycles. The van der Waals surface area contributed by atoms with E-state index in [-0.39, 0.29) is 17.6 Å². The Morgan fingerprint density at radius 3 is 2.56 bits per heavy atom. The summed E-state index contributed by atoms with van der Waals surface area (Å²) in [5.41, 5.74) is 3.45. The van der Waals surface area contributed by atoms with Crippen molar-refractivity contribution in [2.75, 3.05) is 26.6 Å². The molecule has 3 aromatic rings. The van der Waals surface area contributed by atoms with E-state index >= 15 is 0 Å². The highest BCUT2D eigenvalue weighted by atomic mass is 32.2. The first-order chi connectivity index (χ1) is 15.5. The molecule has 0 radical (unpaired) electrons. The van der Waals surface area contributed by atoms with Crippen LogP contribution >= 0.6 is 11.8 Å². The second-order valence-electron chi connectivity index (χ2n) is 7.72. The molecule has 9 heteroatoms. The monoisotopic (exact) mass is 457 g/mol. The molecule has 0 N–H and O–H groups in total. The summed E-state index contributed by atoms with van der Waals surface area (Å²) < 4.78 is 24.3. The van der Waals surface area contributed by atoms with Crippen LogP contribution in [-0.2, 0) is 11.3 Å². The van der Waals surface area contributed by atoms with Crippen LogP contribution in [0.5, 0.6) is 11.5 Å². The molecule has 1 aliphatic rings. The lowest BCUT2D eigenvalue weighted by Gasteiger charge is -2.14. The molecule has 170 valence electrons. The van der Waals surface area contributed by atoms with Crippen molar-refractivity contribution >= 4 is 17.5 Å². The lowest BCUT2D eigenvalue weighted by molar-refractivity contribution is 0.0957. The highest BCUT2D eigenvalue weighted by Gasteiger charge is 2.22. The Bertz CT molecular complexity index is 1080. The maximum absolute atomic E-state index is 12.9. The van der Waals surface area contributed by atoms with E-state index in [1.807, 2.05) is 19.9 Å². The van der Waals surface area contributed by atoms with E-state index < -0.39 is 0 Å². The Morgan fingerprint density at radius 1 is 1.16 bits per heavy atom. The zero-order valence-electron chi connectivity index (χ0n) is 18.7. The van der Waals surface area contributed by atoms with Crippen LogP contribution in [0.3, 0.4) is 0 Å². The van der Waals surface area contributed by atoms with Gasteiger partial charge in [0, 0.05) is 41.7 Å². The third kappa shape index (κ3) is 4.83. The Kier molecular flexibility index (Phi) is 6.86. The predicted molar refractivity (Wildman–Crippen MR) is 121 cm³/mol. The number of rotatable bonds is 9. The second-order valence-corrected chi connectivity index (χ2v) is 8.64. The number of aryl methyl sites for hydroxylation is 1. The first-order valence-corrected chi connectivity index (χ1v) is 11.5. The van der Waals surface area contributed by atoms with Gasteiger partial charge < -0.3 is 23.2 Å². The number of carbonyl (C=O) groups excluding carboxylic acids is 1. The minimum absolute atomic E-state index is 0.0319. The molecule has 0 saturated carbocycles. The molecule has 1 aromatic carbocycles. The predicted octanol–water partition coefficient (Wildman–Crippen LogP) is 4.33. The van der Waals surface area contributed by atoms with E-state index in [9.17, 15) is 4.79 Å². The number of aromatic nitrogens is 3. The van der Waals surface area contributed by atoms with Gasteiger partial charge in [0.15, 0.2) is 5.78 Å². The number of Topliss-reactive ketones (excluding diaryl/α,β-unsaturated/α-hetero) is 1. The maximum atomic E-state index is 12.9. The maximum Gasteiger partial charge on any atom is 0.277 e. The molecule has 0 aliphatic carbocycles. The molecule has 1 saturated heterocycles. The minimum Gasteiger partial charge on any atom is -0.497 e. The van der Waals surface area contributed by atoms with E-state index in [0.717, 1.165) is 42.9 Å². The fraction of sp³-hybridized carbons (Fsp3) is 0.435. The molecule has 0 bridgehead atoms. The van der Waals surface area contributed by atoms with Gasteiger partial charge in [0.1, 0.15) is 11.5 Å². The van der Waals surface area contributed by atoms with Crippen molar-refractivity contribution < 1.29 is 23.4 Å². The summed E-state index contributed by atoms with van der Waals surface area (Å²) in [6.45, 7) is 5.62. The van der Waals surface area contributed by atoms with Gasteiger partial charge in [-0.3, -0.25) is 4.79 Å². The van der Waals surface area contributed by atoms with Crippen molar-refractivity contribution in [1.82, 2.24) is 14.8 Å². The van der Waals surface area contributed by atoms with Gasteiger partial charge in [-0.05, 0) is 44.9 Å². The molecule has 8 nitrogen and oxygen atoms in total. The summed E-state index contributed by atoms with van der Waals surface area (Å²) in [5, 5.41) is 8.51. The number of carbonyl (C=O) groups is 1. The van der Waals surface area contributed by atoms with Crippen molar-refractivity contribution in [3.05, 3.63) is 41.2 Å². The van der Waals surface area contributed by atoms with Gasteiger partial charge in [-0.2, -0.15) is 0 Å². The minimum atomic E-state index is 0.0319. The van der Waals surface area contributed by atoms with Crippen molar-refractivity contribution in [2.45, 2.75) is 44.6 Å². The highest BCUT2D eigenvalue weighted by molar-refractivity contribution is 7.99. The molecular weight excluding hydrogens is 430 g/mol. The van der Waals surface area contributed by atoms with Gasteiger partial charge in [-0.25, -0.2) is 0 Å². The Morgan fingerprint density at radius 2 is 1.91 bits per heavy atom. The van der Waals surface area contributed by atoms with Crippen LogP contribution in [0, 0.1) is 13.8 Å². The fourth-order valence-electron chi connectivity index (χ4n) is 3.88. The van der Waals surface area contributed by atoms with Gasteiger partial charge in [-0.15, -0.1) is 10.2 Å². The van der Waals surface area contributed by atoms with E-state index in [0.29, 0.717) is 28.2 Å². The topological polar surface area (TPSA) is 88.6 Å². The van der Waals surface area contributed by atoms with Crippen LogP contribution in [0.25, 0.3) is 11.5 Å². The van der Waals surface area contributed by atoms with Crippen LogP contribution in [0.4, 0.5) is 0 Å². The molecule has 1 atom stereocenters. The van der Waals surface area contributed by atoms with Gasteiger partial charge >= 0.3 is 0 Å². The molecule has 1 aliphatic heterocycles. The zero-order chi connectivity index (χ0) is 22.7. The van der Waals surface area contributed by atoms with Gasteiger partial charge in [0.2, 0.25) is 5.89 Å². The molecule has 4 rings (SSSR count). The first-order valence-electron chi connectivity index (χ1n) is 10.5. The van der Waals surface area contributed by atoms with Crippen LogP contribution < -0.4 is 9.47 Å². The summed E-state index contributed by atoms with van der Waals surface area (Å²) in [5.74, 6) is 1.84. The summed E-state index contributed by atoms with van der Waals surface area (Å²) in [4.78, 5) is 12.9. The van der Waals surface area contributed by atoms with Gasteiger partial charge in [0.05, 0.1) is 26.1 Å². The number of hydrogen-bond acceptors (Lipinski definition) is 8. The average Bonchev–Trinajstić information content (AvgIpc) is 3.55. The largest absolute Gasteiger partial charge is 0.497 e. The first kappa shape index (κ1) is 22.4. The Balaban J connectivity index is 1.43. The van der Waals surface area contributed by atoms with Crippen molar-refractivity contribution in [1.29, 1.82) is 0 Å². The number of ether oxygens (including phenoxy) is 3. The third-order valence-electron chi connectivity index (χ3n) is 5.62. The molecule has 2 aromatic heterocycles. The van der Waals surface area contributed by atoms with E-state index in [1.165, 1.54) is 11.8 Å². The lowest BCUT2D eigenvalue weighted by atomic mass is 10.2. The number of benzene rings is 1. The fourth-order valence-corrected chi connectivity index (χ4v) is 4.52. The zero-order valence-corrected chi connectivity index (χ0v) is 19.5. The SMILES string of the molecule is COc1cc(OC)cc(-c2nnc(SCC(=O)c3cc(C)n(CC4CCCO4)c3C)o2)c1. The smallest absolute Gasteiger partial charge is 0.277 e. The standard InChI is InChI=1S/C23H27N3O5S/c1-14-8-20(15(2)26(14)12-17-6-5-7-30-17)21(27)13-32-23-25-24-22(31-23)16-9-18(28-3)11-19(10-16)29-4/h8-11,17H,5-7,12-13H2,1-4H3. The average molecular weight is 458 g/mol. The van der Waals surface area contributed by atoms with Crippen LogP contribution in [0.2, 0.25) is 0 Å². The van der Waals surface area contributed by atoms with E-state index in [1.54, 1.807) is 32.4 Å². The Hall–Kier alpha value is -2.78. The summed E-state index contributed by atoms with van der Waals surface area (Å²) in [7, 11) is 3.16. The summed E-state index contributed by atoms with van der Waals surface area (Å²) >= 11 is 1.23. The second kappa shape index (κ2) is 9.79. The lowest BCUT2D eigenvalue weighted by Crippen LogP contribution is -2.17. The molecular formula is C23H27N3O5S. The molecule has 1 fully saturated rings. The number of thioether (sulfide) groups is 1. The normalized spacial score (nSPS) is 15.8. The number of hydrogen-bond donors (Lipinski definition) is 0. The number of nitrogens with zero attached hydrogens (tertiary/aromatic N) is 3.